The van der Waals surface area contributed by atoms with E-state index in [4.69, 9.17) is 11.6 Å². The largest absolute Gasteiger partial charge is 0.313 e. The van der Waals surface area contributed by atoms with Crippen LogP contribution in [0, 0.1) is 0 Å². The van der Waals surface area contributed by atoms with Gasteiger partial charge >= 0.3 is 0 Å². The molecule has 0 atom stereocenters. The molecule has 0 aliphatic heterocycles. The summed E-state index contributed by atoms with van der Waals surface area (Å²) in [6, 6.07) is 3.92. The number of nitrogens with zero attached hydrogens (tertiary/aromatic N) is 3. The first-order valence-corrected chi connectivity index (χ1v) is 6.26. The molecule has 0 aliphatic rings. The number of halogens is 1. The fourth-order valence-electron chi connectivity index (χ4n) is 1.83. The Hall–Kier alpha value is -1.09. The SMILES string of the molecule is CCCCn1c(CCCl)nc2cccnc21. The number of aryl methyl sites for hydroxylation is 2. The lowest BCUT2D eigenvalue weighted by atomic mass is 10.3. The molecule has 0 saturated heterocycles. The minimum atomic E-state index is 0.607. The third-order valence-corrected chi connectivity index (χ3v) is 2.83. The van der Waals surface area contributed by atoms with Crippen molar-refractivity contribution in [3.05, 3.63) is 24.2 Å². The molecule has 0 unspecified atom stereocenters. The van der Waals surface area contributed by atoms with Crippen molar-refractivity contribution in [3.8, 4) is 0 Å². The molecular formula is C12H16ClN3. The zero-order chi connectivity index (χ0) is 11.4. The van der Waals surface area contributed by atoms with E-state index < -0.39 is 0 Å². The average molecular weight is 238 g/mol. The zero-order valence-electron chi connectivity index (χ0n) is 9.49. The van der Waals surface area contributed by atoms with Crippen LogP contribution >= 0.6 is 11.6 Å². The van der Waals surface area contributed by atoms with Gasteiger partial charge in [0.05, 0.1) is 0 Å². The molecule has 0 amide bonds. The van der Waals surface area contributed by atoms with Gasteiger partial charge < -0.3 is 4.57 Å². The molecule has 2 heterocycles. The van der Waals surface area contributed by atoms with Crippen LogP contribution in [0.4, 0.5) is 0 Å². The summed E-state index contributed by atoms with van der Waals surface area (Å²) < 4.78 is 2.20. The van der Waals surface area contributed by atoms with E-state index in [0.29, 0.717) is 5.88 Å². The molecular weight excluding hydrogens is 222 g/mol. The van der Waals surface area contributed by atoms with Crippen molar-refractivity contribution in [2.24, 2.45) is 0 Å². The van der Waals surface area contributed by atoms with Crippen molar-refractivity contribution in [2.45, 2.75) is 32.7 Å². The van der Waals surface area contributed by atoms with Gasteiger partial charge in [0.1, 0.15) is 11.3 Å². The number of hydrogen-bond donors (Lipinski definition) is 0. The predicted octanol–water partition coefficient (Wildman–Crippen LogP) is 3.01. The molecule has 2 aromatic heterocycles. The topological polar surface area (TPSA) is 30.7 Å². The number of aromatic nitrogens is 3. The van der Waals surface area contributed by atoms with Gasteiger partial charge in [-0.1, -0.05) is 13.3 Å². The quantitative estimate of drug-likeness (QED) is 0.749. The Balaban J connectivity index is 2.42. The Morgan fingerprint density at radius 3 is 3.06 bits per heavy atom. The monoisotopic (exact) mass is 237 g/mol. The van der Waals surface area contributed by atoms with E-state index >= 15 is 0 Å². The molecule has 0 radical (unpaired) electrons. The Kier molecular flexibility index (Phi) is 3.78. The van der Waals surface area contributed by atoms with Gasteiger partial charge in [-0.3, -0.25) is 0 Å². The minimum absolute atomic E-state index is 0.607. The van der Waals surface area contributed by atoms with Gasteiger partial charge in [0, 0.05) is 25.0 Å². The Labute approximate surface area is 100 Å². The van der Waals surface area contributed by atoms with E-state index in [2.05, 4.69) is 21.5 Å². The molecule has 2 rings (SSSR count). The molecule has 0 spiro atoms. The molecule has 2 aromatic rings. The maximum atomic E-state index is 5.80. The molecule has 16 heavy (non-hydrogen) atoms. The fraction of sp³-hybridized carbons (Fsp3) is 0.500. The lowest BCUT2D eigenvalue weighted by molar-refractivity contribution is 0.616. The standard InChI is InChI=1S/C12H16ClN3/c1-2-3-9-16-11(6-7-13)15-10-5-4-8-14-12(10)16/h4-5,8H,2-3,6-7,9H2,1H3. The van der Waals surface area contributed by atoms with Gasteiger partial charge in [-0.2, -0.15) is 0 Å². The van der Waals surface area contributed by atoms with Crippen LogP contribution < -0.4 is 0 Å². The summed E-state index contributed by atoms with van der Waals surface area (Å²) in [6.07, 6.45) is 4.95. The summed E-state index contributed by atoms with van der Waals surface area (Å²) in [6.45, 7) is 3.17. The Morgan fingerprint density at radius 2 is 2.31 bits per heavy atom. The minimum Gasteiger partial charge on any atom is -0.313 e. The van der Waals surface area contributed by atoms with Crippen molar-refractivity contribution in [2.75, 3.05) is 5.88 Å². The lowest BCUT2D eigenvalue weighted by Crippen LogP contribution is -2.05. The molecule has 0 N–H and O–H groups in total. The van der Waals surface area contributed by atoms with Crippen molar-refractivity contribution in [3.63, 3.8) is 0 Å². The van der Waals surface area contributed by atoms with E-state index in [0.717, 1.165) is 36.4 Å². The van der Waals surface area contributed by atoms with Crippen LogP contribution in [0.15, 0.2) is 18.3 Å². The van der Waals surface area contributed by atoms with Gasteiger partial charge in [0.15, 0.2) is 5.65 Å². The maximum Gasteiger partial charge on any atom is 0.159 e. The molecule has 0 bridgehead atoms. The van der Waals surface area contributed by atoms with Gasteiger partial charge in [0.2, 0.25) is 0 Å². The van der Waals surface area contributed by atoms with Gasteiger partial charge in [-0.15, -0.1) is 11.6 Å². The third-order valence-electron chi connectivity index (χ3n) is 2.64. The molecule has 86 valence electrons. The van der Waals surface area contributed by atoms with E-state index in [9.17, 15) is 0 Å². The first kappa shape index (κ1) is 11.4. The van der Waals surface area contributed by atoms with Gasteiger partial charge in [0.25, 0.3) is 0 Å². The van der Waals surface area contributed by atoms with E-state index in [-0.39, 0.29) is 0 Å². The van der Waals surface area contributed by atoms with Crippen LogP contribution in [-0.2, 0) is 13.0 Å². The third kappa shape index (κ3) is 2.19. The van der Waals surface area contributed by atoms with E-state index in [1.54, 1.807) is 0 Å². The van der Waals surface area contributed by atoms with E-state index in [1.165, 1.54) is 6.42 Å². The second kappa shape index (κ2) is 5.30. The van der Waals surface area contributed by atoms with Crippen LogP contribution in [0.2, 0.25) is 0 Å². The number of hydrogen-bond acceptors (Lipinski definition) is 2. The summed E-state index contributed by atoms with van der Waals surface area (Å²) in [5, 5.41) is 0. The van der Waals surface area contributed by atoms with Gasteiger partial charge in [-0.05, 0) is 18.6 Å². The second-order valence-corrected chi connectivity index (χ2v) is 4.20. The van der Waals surface area contributed by atoms with Crippen LogP contribution in [0.1, 0.15) is 25.6 Å². The second-order valence-electron chi connectivity index (χ2n) is 3.82. The number of unbranched alkanes of at least 4 members (excludes halogenated alkanes) is 1. The molecule has 4 heteroatoms. The molecule has 0 aromatic carbocycles. The molecule has 3 nitrogen and oxygen atoms in total. The summed E-state index contributed by atoms with van der Waals surface area (Å²) in [4.78, 5) is 8.97. The first-order valence-electron chi connectivity index (χ1n) is 5.73. The lowest BCUT2D eigenvalue weighted by Gasteiger charge is -2.06. The molecule has 0 fully saturated rings. The number of fused-ring (bicyclic) bond motifs is 1. The fourth-order valence-corrected chi connectivity index (χ4v) is 2.00. The maximum absolute atomic E-state index is 5.80. The summed E-state index contributed by atoms with van der Waals surface area (Å²) in [5.74, 6) is 1.66. The number of alkyl halides is 1. The number of imidazole rings is 1. The van der Waals surface area contributed by atoms with Crippen molar-refractivity contribution in [1.29, 1.82) is 0 Å². The zero-order valence-corrected chi connectivity index (χ0v) is 10.2. The van der Waals surface area contributed by atoms with Crippen LogP contribution in [0.3, 0.4) is 0 Å². The molecule has 0 aliphatic carbocycles. The molecule has 0 saturated carbocycles. The predicted molar refractivity (Wildman–Crippen MR) is 66.9 cm³/mol. The van der Waals surface area contributed by atoms with Crippen LogP contribution in [0.5, 0.6) is 0 Å². The average Bonchev–Trinajstić information content (AvgIpc) is 2.65. The highest BCUT2D eigenvalue weighted by molar-refractivity contribution is 6.17. The van der Waals surface area contributed by atoms with E-state index in [1.807, 2.05) is 18.3 Å². The first-order chi connectivity index (χ1) is 7.86. The summed E-state index contributed by atoms with van der Waals surface area (Å²) in [7, 11) is 0. The Morgan fingerprint density at radius 1 is 1.44 bits per heavy atom. The summed E-state index contributed by atoms with van der Waals surface area (Å²) in [5.41, 5.74) is 1.95. The van der Waals surface area contributed by atoms with Crippen molar-refractivity contribution in [1.82, 2.24) is 14.5 Å². The highest BCUT2D eigenvalue weighted by Gasteiger charge is 2.09. The number of rotatable bonds is 5. The van der Waals surface area contributed by atoms with Crippen molar-refractivity contribution >= 4 is 22.8 Å². The highest BCUT2D eigenvalue weighted by Crippen LogP contribution is 2.15. The highest BCUT2D eigenvalue weighted by atomic mass is 35.5. The summed E-state index contributed by atoms with van der Waals surface area (Å²) >= 11 is 5.80. The number of pyridine rings is 1. The van der Waals surface area contributed by atoms with Gasteiger partial charge in [-0.25, -0.2) is 9.97 Å². The normalized spacial score (nSPS) is 11.1. The van der Waals surface area contributed by atoms with Crippen LogP contribution in [0.25, 0.3) is 11.2 Å². The van der Waals surface area contributed by atoms with Crippen LogP contribution in [-0.4, -0.2) is 20.4 Å². The smallest absolute Gasteiger partial charge is 0.159 e. The Bertz CT molecular complexity index is 464. The van der Waals surface area contributed by atoms with Crippen molar-refractivity contribution < 1.29 is 0 Å².